The Labute approximate surface area is 421 Å². The van der Waals surface area contributed by atoms with Gasteiger partial charge in [-0.1, -0.05) is 116 Å². The van der Waals surface area contributed by atoms with Crippen LogP contribution in [-0.2, 0) is 29.2 Å². The van der Waals surface area contributed by atoms with Crippen molar-refractivity contribution in [3.63, 3.8) is 0 Å². The van der Waals surface area contributed by atoms with Gasteiger partial charge in [0.2, 0.25) is 0 Å². The smallest absolute Gasteiger partial charge is 0.308 e. The van der Waals surface area contributed by atoms with E-state index in [0.29, 0.717) is 17.5 Å². The lowest BCUT2D eigenvalue weighted by Crippen LogP contribution is -2.14. The summed E-state index contributed by atoms with van der Waals surface area (Å²) in [6.45, 7) is 28.0. The van der Waals surface area contributed by atoms with E-state index in [1.165, 1.54) is 82.4 Å². The molecule has 1 aromatic rings. The second-order valence-corrected chi connectivity index (χ2v) is 20.0. The molecule has 0 amide bonds. The van der Waals surface area contributed by atoms with E-state index in [1.807, 2.05) is 0 Å². The molecule has 1 aromatic carbocycles. The van der Waals surface area contributed by atoms with E-state index < -0.39 is 25.2 Å². The van der Waals surface area contributed by atoms with E-state index in [9.17, 15) is 19.8 Å². The summed E-state index contributed by atoms with van der Waals surface area (Å²) in [5.74, 6) is -0.660. The van der Waals surface area contributed by atoms with Gasteiger partial charge in [0, 0.05) is 30.5 Å². The minimum atomic E-state index is -0.537. The van der Waals surface area contributed by atoms with Crippen molar-refractivity contribution in [3.05, 3.63) is 139 Å². The molecule has 0 aliphatic heterocycles. The molecule has 0 fully saturated rings. The molecule has 6 nitrogen and oxygen atoms in total. The van der Waals surface area contributed by atoms with Crippen LogP contribution in [0.3, 0.4) is 0 Å². The van der Waals surface area contributed by atoms with Crippen LogP contribution < -0.4 is 9.47 Å². The Bertz CT molecular complexity index is 2080. The molecule has 0 aliphatic carbocycles. The fraction of sp³-hybridized carbons (Fsp3) is 0.556. The predicted molar refractivity (Wildman–Crippen MR) is 296 cm³/mol. The van der Waals surface area contributed by atoms with Crippen LogP contribution in [-0.4, -0.2) is 22.2 Å². The number of ether oxygens (including phenoxy) is 2. The lowest BCUT2D eigenvalue weighted by molar-refractivity contribution is -0.133. The van der Waals surface area contributed by atoms with Gasteiger partial charge in [-0.3, -0.25) is 9.59 Å². The molecule has 0 aliphatic rings. The van der Waals surface area contributed by atoms with Crippen LogP contribution in [0, 0.1) is 6.92 Å². The quantitative estimate of drug-likeness (QED) is 0.0414. The zero-order valence-corrected chi connectivity index (χ0v) is 46.2. The van der Waals surface area contributed by atoms with Crippen molar-refractivity contribution in [2.24, 2.45) is 0 Å². The highest BCUT2D eigenvalue weighted by Gasteiger charge is 2.25. The third kappa shape index (κ3) is 29.3. The van der Waals surface area contributed by atoms with Crippen molar-refractivity contribution < 1.29 is 29.3 Å². The SMILES string of the molecule is CC(=O)Oc1c(C)c(C/C=C(\C)CC/C=C(\C)CC/C=C(\C)CC/C=C(\C)CC/C=C(\C)CC/C=C(\C)CC/C=C(\C)CC/C=C(\C)CC/C=C(\C)CCC=C(C)C)c(OC(C)=O)c(CO)c1CO. The maximum absolute atomic E-state index is 12.0. The Morgan fingerprint density at radius 1 is 0.348 bits per heavy atom. The van der Waals surface area contributed by atoms with Crippen molar-refractivity contribution in [1.29, 1.82) is 0 Å². The van der Waals surface area contributed by atoms with Crippen LogP contribution in [0.25, 0.3) is 0 Å². The maximum Gasteiger partial charge on any atom is 0.308 e. The van der Waals surface area contributed by atoms with Gasteiger partial charge in [0.05, 0.1) is 13.2 Å². The zero-order chi connectivity index (χ0) is 51.7. The molecule has 0 saturated heterocycles. The van der Waals surface area contributed by atoms with Crippen LogP contribution in [0.5, 0.6) is 11.5 Å². The number of hydrogen-bond acceptors (Lipinski definition) is 6. The second kappa shape index (κ2) is 36.4. The predicted octanol–water partition coefficient (Wildman–Crippen LogP) is 17.9. The fourth-order valence-corrected chi connectivity index (χ4v) is 8.27. The number of allylic oxidation sites excluding steroid dienone is 20. The van der Waals surface area contributed by atoms with Crippen LogP contribution >= 0.6 is 0 Å². The monoisotopic (exact) mass is 949 g/mol. The number of aliphatic hydroxyl groups is 2. The molecule has 0 unspecified atom stereocenters. The number of carbonyl (C=O) groups is 2. The standard InChI is InChI=1S/C63H96O6/c1-46(2)24-15-25-47(3)26-16-27-48(4)28-17-29-49(5)30-18-31-50(6)32-19-33-51(7)34-20-35-52(8)36-21-37-53(9)38-22-39-54(10)40-23-41-55(11)42-43-59-56(12)62(68-57(13)66)60(44-64)61(45-65)63(59)69-58(14)67/h24,26,28,30,32,34,36,38,40,42,64-65H,15-23,25,27,29,31,33,35,37,39,41,43-45H2,1-14H3/b47-26+,48-28+,49-30+,50-32+,51-34+,52-36+,53-38+,54-40+,55-42+. The minimum Gasteiger partial charge on any atom is -0.426 e. The van der Waals surface area contributed by atoms with Gasteiger partial charge >= 0.3 is 11.9 Å². The van der Waals surface area contributed by atoms with Crippen LogP contribution in [0.15, 0.2) is 116 Å². The van der Waals surface area contributed by atoms with Gasteiger partial charge in [0.15, 0.2) is 0 Å². The molecule has 0 bridgehead atoms. The third-order valence-corrected chi connectivity index (χ3v) is 12.8. The Morgan fingerprint density at radius 3 is 0.826 bits per heavy atom. The van der Waals surface area contributed by atoms with Gasteiger partial charge in [0.25, 0.3) is 0 Å². The molecule has 6 heteroatoms. The van der Waals surface area contributed by atoms with Gasteiger partial charge in [0.1, 0.15) is 11.5 Å². The van der Waals surface area contributed by atoms with Gasteiger partial charge in [-0.15, -0.1) is 0 Å². The Morgan fingerprint density at radius 2 is 0.580 bits per heavy atom. The Kier molecular flexibility index (Phi) is 33.0. The number of benzene rings is 1. The molecule has 0 spiro atoms. The van der Waals surface area contributed by atoms with Gasteiger partial charge in [-0.05, 0) is 211 Å². The van der Waals surface area contributed by atoms with E-state index in [1.54, 1.807) is 6.92 Å². The molecule has 0 aromatic heterocycles. The molecule has 0 heterocycles. The molecule has 0 atom stereocenters. The molecule has 69 heavy (non-hydrogen) atoms. The third-order valence-electron chi connectivity index (χ3n) is 12.8. The summed E-state index contributed by atoms with van der Waals surface area (Å²) in [6.07, 6.45) is 43.9. The van der Waals surface area contributed by atoms with Crippen LogP contribution in [0.4, 0.5) is 0 Å². The van der Waals surface area contributed by atoms with Crippen molar-refractivity contribution >= 4 is 11.9 Å². The van der Waals surface area contributed by atoms with E-state index in [2.05, 4.69) is 137 Å². The highest BCUT2D eigenvalue weighted by atomic mass is 16.5. The summed E-state index contributed by atoms with van der Waals surface area (Å²) in [4.78, 5) is 23.9. The highest BCUT2D eigenvalue weighted by molar-refractivity contribution is 5.75. The average molecular weight is 949 g/mol. The lowest BCUT2D eigenvalue weighted by atomic mass is 9.93. The normalized spacial score (nSPS) is 13.9. The minimum absolute atomic E-state index is 0.199. The highest BCUT2D eigenvalue weighted by Crippen LogP contribution is 2.40. The number of aliphatic hydroxyl groups excluding tert-OH is 2. The molecule has 0 saturated carbocycles. The van der Waals surface area contributed by atoms with E-state index in [-0.39, 0.29) is 22.6 Å². The summed E-state index contributed by atoms with van der Waals surface area (Å²) < 4.78 is 11.0. The molecule has 0 radical (unpaired) electrons. The van der Waals surface area contributed by atoms with Crippen LogP contribution in [0.2, 0.25) is 0 Å². The number of esters is 2. The number of hydrogen-bond donors (Lipinski definition) is 2. The summed E-state index contributed by atoms with van der Waals surface area (Å²) in [5.41, 5.74) is 16.1. The van der Waals surface area contributed by atoms with Gasteiger partial charge in [-0.2, -0.15) is 0 Å². The topological polar surface area (TPSA) is 93.1 Å². The first-order chi connectivity index (χ1) is 32.8. The van der Waals surface area contributed by atoms with Crippen molar-refractivity contribution in [2.75, 3.05) is 0 Å². The van der Waals surface area contributed by atoms with E-state index in [0.717, 1.165) is 103 Å². The van der Waals surface area contributed by atoms with E-state index in [4.69, 9.17) is 9.47 Å². The van der Waals surface area contributed by atoms with Crippen LogP contribution in [0.1, 0.15) is 228 Å². The van der Waals surface area contributed by atoms with E-state index >= 15 is 0 Å². The Balaban J connectivity index is 2.45. The number of carbonyl (C=O) groups excluding carboxylic acids is 2. The first-order valence-corrected chi connectivity index (χ1v) is 26.1. The fourth-order valence-electron chi connectivity index (χ4n) is 8.27. The zero-order valence-electron chi connectivity index (χ0n) is 46.2. The van der Waals surface area contributed by atoms with Crippen molar-refractivity contribution in [3.8, 4) is 11.5 Å². The summed E-state index contributed by atoms with van der Waals surface area (Å²) >= 11 is 0. The average Bonchev–Trinajstić information content (AvgIpc) is 3.26. The first-order valence-electron chi connectivity index (χ1n) is 26.1. The summed E-state index contributed by atoms with van der Waals surface area (Å²) in [7, 11) is 0. The van der Waals surface area contributed by atoms with Crippen molar-refractivity contribution in [2.45, 2.75) is 232 Å². The van der Waals surface area contributed by atoms with Crippen molar-refractivity contribution in [1.82, 2.24) is 0 Å². The number of rotatable bonds is 33. The lowest BCUT2D eigenvalue weighted by Gasteiger charge is -2.22. The Hall–Kier alpha value is -4.52. The van der Waals surface area contributed by atoms with Gasteiger partial charge in [-0.25, -0.2) is 0 Å². The largest absolute Gasteiger partial charge is 0.426 e. The molecular formula is C63H96O6. The first kappa shape index (κ1) is 62.5. The molecular weight excluding hydrogens is 853 g/mol. The second-order valence-electron chi connectivity index (χ2n) is 20.0. The maximum atomic E-state index is 12.0. The molecule has 2 N–H and O–H groups in total. The summed E-state index contributed by atoms with van der Waals surface area (Å²) in [6, 6.07) is 0. The van der Waals surface area contributed by atoms with Gasteiger partial charge < -0.3 is 19.7 Å². The molecule has 384 valence electrons. The summed E-state index contributed by atoms with van der Waals surface area (Å²) in [5, 5.41) is 20.2. The molecule has 1 rings (SSSR count).